The van der Waals surface area contributed by atoms with Crippen molar-refractivity contribution >= 4 is 17.5 Å². The highest BCUT2D eigenvalue weighted by Gasteiger charge is 2.09. The van der Waals surface area contributed by atoms with Gasteiger partial charge in [0, 0.05) is 5.69 Å². The summed E-state index contributed by atoms with van der Waals surface area (Å²) in [7, 11) is 0. The van der Waals surface area contributed by atoms with Crippen LogP contribution in [0.1, 0.15) is 0 Å². The summed E-state index contributed by atoms with van der Waals surface area (Å²) in [5, 5.41) is 23.9. The van der Waals surface area contributed by atoms with Gasteiger partial charge in [0.1, 0.15) is 12.9 Å². The van der Waals surface area contributed by atoms with Gasteiger partial charge in [-0.15, -0.1) is 5.10 Å². The second-order valence-corrected chi connectivity index (χ2v) is 5.03. The molecule has 8 heteroatoms. The molecule has 0 unspecified atom stereocenters. The molecule has 0 aliphatic rings. The number of carbonyl (C=O) groups is 1. The van der Waals surface area contributed by atoms with Gasteiger partial charge in [0.2, 0.25) is 5.91 Å². The fourth-order valence-electron chi connectivity index (χ4n) is 2.21. The first kappa shape index (κ1) is 15.7. The van der Waals surface area contributed by atoms with Crippen molar-refractivity contribution in [1.29, 1.82) is 0 Å². The minimum atomic E-state index is -0.311. The van der Waals surface area contributed by atoms with E-state index in [-0.39, 0.29) is 23.6 Å². The minimum absolute atomic E-state index is 0.101. The molecule has 0 atom stereocenters. The molecular weight excluding hydrogens is 310 g/mol. The van der Waals surface area contributed by atoms with Crippen molar-refractivity contribution in [2.24, 2.45) is 0 Å². The van der Waals surface area contributed by atoms with Gasteiger partial charge in [-0.1, -0.05) is 47.7 Å². The number of aromatic nitrogens is 3. The van der Waals surface area contributed by atoms with Crippen molar-refractivity contribution in [3.8, 4) is 11.1 Å². The molecule has 1 amide bonds. The Balaban J connectivity index is 1.68. The van der Waals surface area contributed by atoms with Gasteiger partial charge in [0.05, 0.1) is 0 Å². The van der Waals surface area contributed by atoms with Crippen molar-refractivity contribution in [3.63, 3.8) is 0 Å². The normalized spacial score (nSPS) is 10.4. The van der Waals surface area contributed by atoms with E-state index in [2.05, 4.69) is 15.4 Å². The maximum Gasteiger partial charge on any atom is 0.295 e. The monoisotopic (exact) mass is 325 g/mol. The molecule has 3 aromatic rings. The van der Waals surface area contributed by atoms with E-state index in [4.69, 9.17) is 10.4 Å². The third kappa shape index (κ3) is 3.75. The molecule has 2 aromatic carbocycles. The van der Waals surface area contributed by atoms with Crippen LogP contribution in [0, 0.1) is 0 Å². The molecule has 0 fully saturated rings. The van der Waals surface area contributed by atoms with E-state index in [0.29, 0.717) is 5.69 Å². The number of rotatable bonds is 5. The van der Waals surface area contributed by atoms with E-state index >= 15 is 0 Å². The minimum Gasteiger partial charge on any atom is -0.324 e. The second-order valence-electron chi connectivity index (χ2n) is 5.03. The van der Waals surface area contributed by atoms with Crippen LogP contribution in [-0.4, -0.2) is 31.1 Å². The molecule has 0 radical (unpaired) electrons. The summed E-state index contributed by atoms with van der Waals surface area (Å²) in [4.78, 5) is 15.7. The van der Waals surface area contributed by atoms with Crippen LogP contribution in [0.3, 0.4) is 0 Å². The van der Waals surface area contributed by atoms with Crippen molar-refractivity contribution in [1.82, 2.24) is 14.8 Å². The van der Waals surface area contributed by atoms with Crippen molar-refractivity contribution in [2.45, 2.75) is 6.54 Å². The fourth-order valence-corrected chi connectivity index (χ4v) is 2.21. The highest BCUT2D eigenvalue weighted by molar-refractivity contribution is 5.91. The summed E-state index contributed by atoms with van der Waals surface area (Å²) >= 11 is 0. The number of anilines is 2. The molecule has 122 valence electrons. The molecule has 0 saturated heterocycles. The van der Waals surface area contributed by atoms with E-state index in [0.717, 1.165) is 11.1 Å². The van der Waals surface area contributed by atoms with Crippen LogP contribution >= 0.6 is 0 Å². The van der Waals surface area contributed by atoms with Crippen LogP contribution in [0.15, 0.2) is 60.9 Å². The topological polar surface area (TPSA) is 104 Å². The lowest BCUT2D eigenvalue weighted by Crippen LogP contribution is -2.20. The van der Waals surface area contributed by atoms with Gasteiger partial charge >= 0.3 is 0 Å². The molecule has 3 N–H and O–H groups in total. The predicted octanol–water partition coefficient (Wildman–Crippen LogP) is 2.17. The van der Waals surface area contributed by atoms with Gasteiger partial charge in [-0.25, -0.2) is 4.68 Å². The number of carbonyl (C=O) groups excluding carboxylic acids is 1. The lowest BCUT2D eigenvalue weighted by molar-refractivity contribution is -0.116. The van der Waals surface area contributed by atoms with Crippen LogP contribution in [0.25, 0.3) is 11.1 Å². The molecule has 0 aliphatic heterocycles. The van der Waals surface area contributed by atoms with Crippen LogP contribution in [0.4, 0.5) is 11.6 Å². The molecular formula is C16H15N5O3. The number of nitrogens with zero attached hydrogens (tertiary/aromatic N) is 4. The Morgan fingerprint density at radius 1 is 1.08 bits per heavy atom. The molecule has 8 nitrogen and oxygen atoms in total. The second kappa shape index (κ2) is 6.90. The summed E-state index contributed by atoms with van der Waals surface area (Å²) in [5.74, 6) is -0.618. The number of amides is 1. The highest BCUT2D eigenvalue weighted by atomic mass is 16.8. The number of benzene rings is 2. The van der Waals surface area contributed by atoms with E-state index < -0.39 is 0 Å². The zero-order valence-electron chi connectivity index (χ0n) is 12.6. The Hall–Kier alpha value is -3.23. The Bertz CT molecular complexity index is 832. The van der Waals surface area contributed by atoms with Gasteiger partial charge in [-0.05, 0) is 23.3 Å². The van der Waals surface area contributed by atoms with E-state index in [1.54, 1.807) is 6.07 Å². The standard InChI is InChI=1S/C16H15N5O3/c22-15(10-20-11-17-16(19-20)21(23)24)18-14-8-4-7-13(9-14)12-5-2-1-3-6-12/h1-9,11,23-24H,10H2,(H,18,22). The van der Waals surface area contributed by atoms with E-state index in [1.165, 1.54) is 11.0 Å². The predicted molar refractivity (Wildman–Crippen MR) is 86.6 cm³/mol. The van der Waals surface area contributed by atoms with Gasteiger partial charge in [0.25, 0.3) is 5.95 Å². The molecule has 0 saturated carbocycles. The largest absolute Gasteiger partial charge is 0.324 e. The van der Waals surface area contributed by atoms with Gasteiger partial charge < -0.3 is 5.32 Å². The number of hydrogen-bond donors (Lipinski definition) is 3. The average molecular weight is 325 g/mol. The molecule has 0 aliphatic carbocycles. The van der Waals surface area contributed by atoms with Crippen molar-refractivity contribution < 1.29 is 15.2 Å². The highest BCUT2D eigenvalue weighted by Crippen LogP contribution is 2.22. The molecule has 1 heterocycles. The maximum atomic E-state index is 12.1. The first-order valence-corrected chi connectivity index (χ1v) is 7.14. The van der Waals surface area contributed by atoms with Crippen LogP contribution in [-0.2, 0) is 11.3 Å². The SMILES string of the molecule is O=C(Cn1cnc(N(O)O)n1)Nc1cccc(-c2ccccc2)c1. The third-order valence-corrected chi connectivity index (χ3v) is 3.26. The summed E-state index contributed by atoms with van der Waals surface area (Å²) in [6.45, 7) is -0.101. The zero-order chi connectivity index (χ0) is 16.9. The lowest BCUT2D eigenvalue weighted by atomic mass is 10.1. The lowest BCUT2D eigenvalue weighted by Gasteiger charge is -2.08. The number of nitrogens with one attached hydrogen (secondary N) is 1. The quantitative estimate of drug-likeness (QED) is 0.621. The van der Waals surface area contributed by atoms with E-state index in [9.17, 15) is 4.79 Å². The first-order chi connectivity index (χ1) is 11.6. The Kier molecular flexibility index (Phi) is 4.50. The Labute approximate surface area is 137 Å². The van der Waals surface area contributed by atoms with Crippen molar-refractivity contribution in [3.05, 3.63) is 60.9 Å². The van der Waals surface area contributed by atoms with Crippen LogP contribution in [0.2, 0.25) is 0 Å². The molecule has 0 spiro atoms. The zero-order valence-corrected chi connectivity index (χ0v) is 12.6. The first-order valence-electron chi connectivity index (χ1n) is 7.14. The third-order valence-electron chi connectivity index (χ3n) is 3.26. The van der Waals surface area contributed by atoms with Gasteiger partial charge in [-0.3, -0.25) is 15.2 Å². The Morgan fingerprint density at radius 3 is 2.54 bits per heavy atom. The van der Waals surface area contributed by atoms with Gasteiger partial charge in [-0.2, -0.15) is 4.98 Å². The average Bonchev–Trinajstić information content (AvgIpc) is 3.04. The smallest absolute Gasteiger partial charge is 0.295 e. The Morgan fingerprint density at radius 2 is 1.83 bits per heavy atom. The summed E-state index contributed by atoms with van der Waals surface area (Å²) in [6.07, 6.45) is 1.23. The summed E-state index contributed by atoms with van der Waals surface area (Å²) in [6, 6.07) is 17.3. The van der Waals surface area contributed by atoms with Crippen LogP contribution < -0.4 is 10.5 Å². The summed E-state index contributed by atoms with van der Waals surface area (Å²) in [5.41, 5.74) is 2.71. The maximum absolute atomic E-state index is 12.1. The van der Waals surface area contributed by atoms with Crippen molar-refractivity contribution in [2.75, 3.05) is 10.5 Å². The van der Waals surface area contributed by atoms with Gasteiger partial charge in [0.15, 0.2) is 0 Å². The fraction of sp³-hybridized carbons (Fsp3) is 0.0625. The molecule has 0 bridgehead atoms. The summed E-state index contributed by atoms with van der Waals surface area (Å²) < 4.78 is 1.20. The molecule has 3 rings (SSSR count). The molecule has 24 heavy (non-hydrogen) atoms. The molecule has 1 aromatic heterocycles. The van der Waals surface area contributed by atoms with E-state index in [1.807, 2.05) is 48.5 Å². The van der Waals surface area contributed by atoms with Crippen LogP contribution in [0.5, 0.6) is 0 Å². The number of hydrogen-bond acceptors (Lipinski definition) is 6.